The lowest BCUT2D eigenvalue weighted by Gasteiger charge is -2.46. The van der Waals surface area contributed by atoms with Crippen LogP contribution < -0.4 is 15.9 Å². The summed E-state index contributed by atoms with van der Waals surface area (Å²) in [4.78, 5) is 14.2. The van der Waals surface area contributed by atoms with E-state index < -0.39 is 24.3 Å². The Morgan fingerprint density at radius 2 is 0.977 bits per heavy atom. The third-order valence-electron chi connectivity index (χ3n) is 8.55. The lowest BCUT2D eigenvalue weighted by atomic mass is 9.65. The minimum absolute atomic E-state index is 0. The van der Waals surface area contributed by atoms with Crippen LogP contribution in [0.15, 0.2) is 157 Å². The Morgan fingerprint density at radius 3 is 1.32 bits per heavy atom. The number of hydrazone groups is 1. The normalized spacial score (nSPS) is 15.2. The van der Waals surface area contributed by atoms with Crippen molar-refractivity contribution in [2.24, 2.45) is 10.5 Å². The summed E-state index contributed by atoms with van der Waals surface area (Å²) in [6, 6.07) is 52.6. The second kappa shape index (κ2) is 12.8. The van der Waals surface area contributed by atoms with Crippen molar-refractivity contribution in [3.05, 3.63) is 163 Å². The highest BCUT2D eigenvalue weighted by atomic mass is 35.5. The van der Waals surface area contributed by atoms with Gasteiger partial charge in [-0.15, -0.1) is 17.5 Å². The van der Waals surface area contributed by atoms with Gasteiger partial charge < -0.3 is 4.74 Å². The van der Waals surface area contributed by atoms with Gasteiger partial charge in [0.05, 0.1) is 12.0 Å². The van der Waals surface area contributed by atoms with E-state index in [-0.39, 0.29) is 19.0 Å². The Bertz CT molecular complexity index is 1580. The van der Waals surface area contributed by atoms with Crippen molar-refractivity contribution in [2.45, 2.75) is 26.3 Å². The van der Waals surface area contributed by atoms with E-state index in [1.807, 2.05) is 43.3 Å². The van der Waals surface area contributed by atoms with E-state index in [1.54, 1.807) is 5.01 Å². The van der Waals surface area contributed by atoms with E-state index in [9.17, 15) is 4.79 Å². The van der Waals surface area contributed by atoms with Crippen molar-refractivity contribution in [1.82, 2.24) is 5.01 Å². The van der Waals surface area contributed by atoms with Crippen LogP contribution in [0.1, 0.15) is 31.9 Å². The van der Waals surface area contributed by atoms with Crippen molar-refractivity contribution in [3.63, 3.8) is 0 Å². The molecule has 5 aromatic rings. The second-order valence-electron chi connectivity index (χ2n) is 11.2. The van der Waals surface area contributed by atoms with E-state index in [2.05, 4.69) is 129 Å². The summed E-state index contributed by atoms with van der Waals surface area (Å²) in [5, 5.41) is 10.7. The van der Waals surface area contributed by atoms with Crippen molar-refractivity contribution in [1.29, 1.82) is 0 Å². The fraction of sp³-hybridized carbons (Fsp3) is 0.158. The Labute approximate surface area is 267 Å². The van der Waals surface area contributed by atoms with Gasteiger partial charge in [-0.1, -0.05) is 115 Å². The highest BCUT2D eigenvalue weighted by Crippen LogP contribution is 2.68. The number of nitrogens with zero attached hydrogens (tertiary/aromatic N) is 2. The predicted molar refractivity (Wildman–Crippen MR) is 186 cm³/mol. The van der Waals surface area contributed by atoms with Crippen LogP contribution in [0.2, 0.25) is 0 Å². The minimum Gasteiger partial charge on any atom is -0.448 e. The van der Waals surface area contributed by atoms with E-state index in [0.29, 0.717) is 0 Å². The number of halogens is 1. The summed E-state index contributed by atoms with van der Waals surface area (Å²) < 4.78 is 5.79. The summed E-state index contributed by atoms with van der Waals surface area (Å²) in [7, 11) is -2.64. The molecule has 0 atom stereocenters. The van der Waals surface area contributed by atoms with Gasteiger partial charge in [0.2, 0.25) is 5.45 Å². The van der Waals surface area contributed by atoms with Crippen molar-refractivity contribution < 1.29 is 9.53 Å². The molecule has 0 radical (unpaired) electrons. The van der Waals surface area contributed by atoms with Gasteiger partial charge in [0.1, 0.15) is 21.5 Å². The van der Waals surface area contributed by atoms with Gasteiger partial charge >= 0.3 is 6.09 Å². The molecule has 0 fully saturated rings. The number of carbonyl (C=O) groups excluding carboxylic acids is 1. The molecule has 0 aromatic heterocycles. The molecule has 1 aliphatic rings. The Morgan fingerprint density at radius 1 is 0.636 bits per heavy atom. The van der Waals surface area contributed by atoms with E-state index >= 15 is 0 Å². The van der Waals surface area contributed by atoms with Gasteiger partial charge in [-0.25, -0.2) is 4.79 Å². The zero-order chi connectivity index (χ0) is 29.9. The Balaban J connectivity index is 0.00000384. The maximum atomic E-state index is 14.2. The molecule has 1 heterocycles. The lowest BCUT2D eigenvalue weighted by molar-refractivity contribution is 0.0489. The van der Waals surface area contributed by atoms with E-state index in [4.69, 9.17) is 9.84 Å². The van der Waals surface area contributed by atoms with Crippen molar-refractivity contribution in [2.75, 3.05) is 6.61 Å². The van der Waals surface area contributed by atoms with Gasteiger partial charge in [-0.05, 0) is 68.3 Å². The zero-order valence-electron chi connectivity index (χ0n) is 25.2. The molecule has 6 rings (SSSR count). The molecule has 0 saturated carbocycles. The summed E-state index contributed by atoms with van der Waals surface area (Å²) >= 11 is 0. The summed E-state index contributed by atoms with van der Waals surface area (Å²) in [5.74, 6) is 0. The fourth-order valence-electron chi connectivity index (χ4n) is 6.83. The monoisotopic (exact) mass is 619 g/mol. The van der Waals surface area contributed by atoms with Crippen LogP contribution >= 0.6 is 19.7 Å². The van der Waals surface area contributed by atoms with Crippen LogP contribution in [0.25, 0.3) is 0 Å². The van der Waals surface area contributed by atoms with Gasteiger partial charge in [0.15, 0.2) is 7.26 Å². The van der Waals surface area contributed by atoms with Crippen LogP contribution in [-0.4, -0.2) is 23.2 Å². The predicted octanol–water partition coefficient (Wildman–Crippen LogP) is 8.16. The summed E-state index contributed by atoms with van der Waals surface area (Å²) in [6.07, 6.45) is -0.467. The average molecular weight is 620 g/mol. The molecule has 44 heavy (non-hydrogen) atoms. The van der Waals surface area contributed by atoms with E-state index in [0.717, 1.165) is 16.6 Å². The molecule has 4 nitrogen and oxygen atoms in total. The molecular formula is C38H37ClN2O2P+. The van der Waals surface area contributed by atoms with Crippen LogP contribution in [0.5, 0.6) is 0 Å². The highest BCUT2D eigenvalue weighted by molar-refractivity contribution is 8.08. The van der Waals surface area contributed by atoms with Crippen LogP contribution in [0.4, 0.5) is 4.79 Å². The van der Waals surface area contributed by atoms with Gasteiger partial charge in [0, 0.05) is 0 Å². The van der Waals surface area contributed by atoms with E-state index in [1.165, 1.54) is 15.9 Å². The third kappa shape index (κ3) is 4.74. The van der Waals surface area contributed by atoms with Gasteiger partial charge in [-0.3, -0.25) is 0 Å². The maximum absolute atomic E-state index is 14.2. The first kappa shape index (κ1) is 31.2. The third-order valence-corrected chi connectivity index (χ3v) is 13.1. The van der Waals surface area contributed by atoms with Crippen LogP contribution in [-0.2, 0) is 10.3 Å². The van der Waals surface area contributed by atoms with Crippen LogP contribution in [0, 0.1) is 5.41 Å². The summed E-state index contributed by atoms with van der Waals surface area (Å²) in [6.45, 7) is 6.57. The molecule has 6 heteroatoms. The second-order valence-corrected chi connectivity index (χ2v) is 14.5. The molecule has 0 bridgehead atoms. The molecule has 0 spiro atoms. The SMILES string of the molecule is CCOC(=O)N1N=C([P+](c2ccccc2)(c2ccccc2)c2ccccc2)C(C)(C)C1(c1ccccc1)c1ccccc1.Cl. The number of hydrogen-bond acceptors (Lipinski definition) is 3. The molecular weight excluding hydrogens is 583 g/mol. The quantitative estimate of drug-likeness (QED) is 0.173. The van der Waals surface area contributed by atoms with Crippen LogP contribution in [0.3, 0.4) is 0 Å². The number of rotatable bonds is 7. The lowest BCUT2D eigenvalue weighted by Crippen LogP contribution is -2.55. The molecule has 1 aliphatic heterocycles. The topological polar surface area (TPSA) is 41.9 Å². The standard InChI is InChI=1S/C38H36N2O2P.ClH/c1-4-42-36(41)40-38(30-20-10-5-11-21-30,31-22-12-6-13-23-31)37(2,3)35(39-40)43(32-24-14-7-15-25-32,33-26-16-8-17-27-33)34-28-18-9-19-29-34;/h5-29H,4H2,1-3H3;1H/q+1;. The largest absolute Gasteiger partial charge is 0.448 e. The maximum Gasteiger partial charge on any atom is 0.431 e. The molecule has 1 amide bonds. The Hall–Kier alpha value is -4.24. The summed E-state index contributed by atoms with van der Waals surface area (Å²) in [5.41, 5.74) is 1.23. The number of carbonyl (C=O) groups is 1. The number of amides is 1. The molecule has 0 saturated heterocycles. The van der Waals surface area contributed by atoms with Gasteiger partial charge in [0.25, 0.3) is 0 Å². The minimum atomic E-state index is -2.64. The highest BCUT2D eigenvalue weighted by Gasteiger charge is 2.70. The zero-order valence-corrected chi connectivity index (χ0v) is 26.9. The number of hydrogen-bond donors (Lipinski definition) is 0. The Kier molecular flexibility index (Phi) is 9.06. The molecule has 0 unspecified atom stereocenters. The average Bonchev–Trinajstić information content (AvgIpc) is 3.32. The first-order chi connectivity index (χ1) is 21.0. The van der Waals surface area contributed by atoms with Gasteiger partial charge in [-0.2, -0.15) is 5.01 Å². The molecule has 0 N–H and O–H groups in total. The number of ether oxygens (including phenoxy) is 1. The molecule has 5 aromatic carbocycles. The first-order valence-electron chi connectivity index (χ1n) is 14.7. The number of benzene rings is 5. The fourth-order valence-corrected chi connectivity index (χ4v) is 11.5. The first-order valence-corrected chi connectivity index (χ1v) is 16.5. The van der Waals surface area contributed by atoms with Crippen molar-refractivity contribution >= 4 is 47.1 Å². The van der Waals surface area contributed by atoms with Crippen molar-refractivity contribution in [3.8, 4) is 0 Å². The molecule has 0 aliphatic carbocycles. The molecule has 222 valence electrons. The smallest absolute Gasteiger partial charge is 0.431 e.